The van der Waals surface area contributed by atoms with Gasteiger partial charge in [0.05, 0.1) is 0 Å². The van der Waals surface area contributed by atoms with E-state index in [1.807, 2.05) is 0 Å². The summed E-state index contributed by atoms with van der Waals surface area (Å²) in [5.74, 6) is 0. The van der Waals surface area contributed by atoms with Crippen molar-refractivity contribution in [3.63, 3.8) is 0 Å². The van der Waals surface area contributed by atoms with Gasteiger partial charge in [-0.2, -0.15) is 13.2 Å². The fraction of sp³-hybridized carbons (Fsp3) is 0.455. The summed E-state index contributed by atoms with van der Waals surface area (Å²) in [7, 11) is 0. The molecule has 1 unspecified atom stereocenters. The number of hydrogen-bond acceptors (Lipinski definition) is 1. The van der Waals surface area contributed by atoms with E-state index in [9.17, 15) is 13.2 Å². The minimum atomic E-state index is -4.48. The summed E-state index contributed by atoms with van der Waals surface area (Å²) in [6, 6.07) is 2.38. The number of alkyl halides is 3. The van der Waals surface area contributed by atoms with E-state index in [0.29, 0.717) is 10.6 Å². The summed E-state index contributed by atoms with van der Waals surface area (Å²) in [5, 5.41) is 0.553. The van der Waals surface area contributed by atoms with Gasteiger partial charge in [0.1, 0.15) is 6.04 Å². The highest BCUT2D eigenvalue weighted by atomic mass is 35.5. The second-order valence-electron chi connectivity index (χ2n) is 4.37. The molecule has 0 fully saturated rings. The van der Waals surface area contributed by atoms with Crippen LogP contribution >= 0.6 is 23.2 Å². The Kier molecular flexibility index (Phi) is 4.01. The predicted molar refractivity (Wildman–Crippen MR) is 63.5 cm³/mol. The lowest BCUT2D eigenvalue weighted by Crippen LogP contribution is -2.51. The number of rotatable bonds is 2. The Balaban J connectivity index is 3.21. The van der Waals surface area contributed by atoms with Gasteiger partial charge < -0.3 is 5.73 Å². The Labute approximate surface area is 108 Å². The molecule has 1 rings (SSSR count). The van der Waals surface area contributed by atoms with Crippen molar-refractivity contribution in [1.82, 2.24) is 0 Å². The lowest BCUT2D eigenvalue weighted by atomic mass is 9.78. The largest absolute Gasteiger partial charge is 0.404 e. The van der Waals surface area contributed by atoms with Gasteiger partial charge >= 0.3 is 6.18 Å². The zero-order valence-electron chi connectivity index (χ0n) is 9.28. The minimum Gasteiger partial charge on any atom is -0.319 e. The quantitative estimate of drug-likeness (QED) is 0.868. The van der Waals surface area contributed by atoms with Crippen molar-refractivity contribution in [1.29, 1.82) is 0 Å². The summed E-state index contributed by atoms with van der Waals surface area (Å²) in [6.07, 6.45) is -4.48. The number of nitrogens with two attached hydrogens (primary N) is 1. The second-order valence-corrected chi connectivity index (χ2v) is 5.21. The molecule has 0 aliphatic rings. The Morgan fingerprint density at radius 1 is 1.18 bits per heavy atom. The zero-order chi connectivity index (χ0) is 13.4. The van der Waals surface area contributed by atoms with E-state index in [2.05, 4.69) is 0 Å². The normalized spacial score (nSPS) is 14.8. The molecule has 0 aliphatic heterocycles. The van der Waals surface area contributed by atoms with Crippen LogP contribution in [0.5, 0.6) is 0 Å². The molecule has 96 valence electrons. The Morgan fingerprint density at radius 3 is 2.12 bits per heavy atom. The van der Waals surface area contributed by atoms with Gasteiger partial charge in [-0.15, -0.1) is 0 Å². The Bertz CT molecular complexity index is 416. The van der Waals surface area contributed by atoms with Gasteiger partial charge in [-0.25, -0.2) is 0 Å². The standard InChI is InChI=1S/C11H12Cl2F3N/c1-10(2,9(17)11(14,15)16)7-4-3-6(12)5-8(7)13/h3-5,9H,17H2,1-2H3. The van der Waals surface area contributed by atoms with Crippen LogP contribution in [0.1, 0.15) is 19.4 Å². The van der Waals surface area contributed by atoms with Crippen molar-refractivity contribution in [2.75, 3.05) is 0 Å². The highest BCUT2D eigenvalue weighted by molar-refractivity contribution is 6.35. The van der Waals surface area contributed by atoms with Crippen molar-refractivity contribution < 1.29 is 13.2 Å². The van der Waals surface area contributed by atoms with Crippen LogP contribution in [0.25, 0.3) is 0 Å². The van der Waals surface area contributed by atoms with Gasteiger partial charge in [0.15, 0.2) is 0 Å². The van der Waals surface area contributed by atoms with E-state index in [0.717, 1.165) is 0 Å². The second kappa shape index (κ2) is 4.67. The molecule has 1 aromatic rings. The van der Waals surface area contributed by atoms with E-state index < -0.39 is 17.6 Å². The third-order valence-electron chi connectivity index (χ3n) is 2.76. The molecule has 2 N–H and O–H groups in total. The molecular weight excluding hydrogens is 274 g/mol. The van der Waals surface area contributed by atoms with Crippen LogP contribution in [-0.4, -0.2) is 12.2 Å². The van der Waals surface area contributed by atoms with E-state index >= 15 is 0 Å². The van der Waals surface area contributed by atoms with Crippen molar-refractivity contribution in [2.24, 2.45) is 5.73 Å². The molecule has 17 heavy (non-hydrogen) atoms. The van der Waals surface area contributed by atoms with Crippen LogP contribution in [0.15, 0.2) is 18.2 Å². The first-order chi connectivity index (χ1) is 7.56. The van der Waals surface area contributed by atoms with Crippen LogP contribution in [-0.2, 0) is 5.41 Å². The van der Waals surface area contributed by atoms with Gasteiger partial charge in [0, 0.05) is 15.5 Å². The van der Waals surface area contributed by atoms with Gasteiger partial charge in [-0.3, -0.25) is 0 Å². The molecule has 1 aromatic carbocycles. The SMILES string of the molecule is CC(C)(c1ccc(Cl)cc1Cl)C(N)C(F)(F)F. The minimum absolute atomic E-state index is 0.183. The molecule has 0 aliphatic carbocycles. The molecule has 0 heterocycles. The maximum Gasteiger partial charge on any atom is 0.404 e. The third-order valence-corrected chi connectivity index (χ3v) is 3.30. The molecule has 6 heteroatoms. The van der Waals surface area contributed by atoms with Crippen LogP contribution < -0.4 is 5.73 Å². The van der Waals surface area contributed by atoms with Crippen molar-refractivity contribution in [3.8, 4) is 0 Å². The maximum atomic E-state index is 12.6. The van der Waals surface area contributed by atoms with E-state index in [1.165, 1.54) is 32.0 Å². The molecule has 0 saturated heterocycles. The van der Waals surface area contributed by atoms with Crippen LogP contribution in [0.3, 0.4) is 0 Å². The first-order valence-electron chi connectivity index (χ1n) is 4.84. The first kappa shape index (κ1) is 14.6. The van der Waals surface area contributed by atoms with E-state index in [-0.39, 0.29) is 5.02 Å². The van der Waals surface area contributed by atoms with Crippen molar-refractivity contribution >= 4 is 23.2 Å². The van der Waals surface area contributed by atoms with E-state index in [4.69, 9.17) is 28.9 Å². The highest BCUT2D eigenvalue weighted by Crippen LogP contribution is 2.38. The smallest absolute Gasteiger partial charge is 0.319 e. The van der Waals surface area contributed by atoms with E-state index in [1.54, 1.807) is 0 Å². The van der Waals surface area contributed by atoms with Gasteiger partial charge in [-0.05, 0) is 17.7 Å². The molecule has 1 nitrogen and oxygen atoms in total. The molecule has 0 saturated carbocycles. The van der Waals surface area contributed by atoms with Crippen LogP contribution in [0.4, 0.5) is 13.2 Å². The predicted octanol–water partition coefficient (Wildman–Crippen LogP) is 4.16. The number of halogens is 5. The average Bonchev–Trinajstić information content (AvgIpc) is 2.14. The lowest BCUT2D eigenvalue weighted by Gasteiger charge is -2.34. The molecule has 0 amide bonds. The molecular formula is C11H12Cl2F3N. The average molecular weight is 286 g/mol. The number of hydrogen-bond donors (Lipinski definition) is 1. The van der Waals surface area contributed by atoms with Crippen molar-refractivity contribution in [3.05, 3.63) is 33.8 Å². The molecule has 1 atom stereocenters. The van der Waals surface area contributed by atoms with Gasteiger partial charge in [0.25, 0.3) is 0 Å². The summed E-state index contributed by atoms with van der Waals surface area (Å²) in [5.41, 5.74) is 4.26. The summed E-state index contributed by atoms with van der Waals surface area (Å²) >= 11 is 11.6. The first-order valence-corrected chi connectivity index (χ1v) is 5.60. The van der Waals surface area contributed by atoms with Crippen molar-refractivity contribution in [2.45, 2.75) is 31.5 Å². The fourth-order valence-electron chi connectivity index (χ4n) is 1.59. The summed E-state index contributed by atoms with van der Waals surface area (Å²) in [6.45, 7) is 2.81. The monoisotopic (exact) mass is 285 g/mol. The Morgan fingerprint density at radius 2 is 1.71 bits per heavy atom. The summed E-state index contributed by atoms with van der Waals surface area (Å²) < 4.78 is 37.9. The van der Waals surface area contributed by atoms with Crippen LogP contribution in [0.2, 0.25) is 10.0 Å². The maximum absolute atomic E-state index is 12.6. The van der Waals surface area contributed by atoms with Gasteiger partial charge in [-0.1, -0.05) is 43.1 Å². The lowest BCUT2D eigenvalue weighted by molar-refractivity contribution is -0.160. The topological polar surface area (TPSA) is 26.0 Å². The fourth-order valence-corrected chi connectivity index (χ4v) is 2.24. The Hall–Kier alpha value is -0.450. The molecule has 0 radical (unpaired) electrons. The summed E-state index contributed by atoms with van der Waals surface area (Å²) in [4.78, 5) is 0. The van der Waals surface area contributed by atoms with Gasteiger partial charge in [0.2, 0.25) is 0 Å². The third kappa shape index (κ3) is 3.06. The number of benzene rings is 1. The molecule has 0 aromatic heterocycles. The highest BCUT2D eigenvalue weighted by Gasteiger charge is 2.47. The molecule has 0 spiro atoms. The molecule has 0 bridgehead atoms. The zero-order valence-corrected chi connectivity index (χ0v) is 10.8. The van der Waals surface area contributed by atoms with Crippen LogP contribution in [0, 0.1) is 0 Å².